The normalized spacial score (nSPS) is 11.3. The number of aromatic amines is 1. The molecule has 0 aliphatic carbocycles. The largest absolute Gasteiger partial charge is 0.358 e. The lowest BCUT2D eigenvalue weighted by molar-refractivity contribution is 0.0971. The summed E-state index contributed by atoms with van der Waals surface area (Å²) in [5, 5.41) is 2.71. The highest BCUT2D eigenvalue weighted by molar-refractivity contribution is 7.17. The molecule has 23 heavy (non-hydrogen) atoms. The zero-order valence-corrected chi connectivity index (χ0v) is 13.2. The van der Waals surface area contributed by atoms with Crippen LogP contribution in [0.25, 0.3) is 21.1 Å². The zero-order valence-electron chi connectivity index (χ0n) is 12.4. The Bertz CT molecular complexity index is 1100. The number of aryl methyl sites for hydroxylation is 1. The van der Waals surface area contributed by atoms with Gasteiger partial charge in [-0.2, -0.15) is 0 Å². The van der Waals surface area contributed by atoms with Crippen molar-refractivity contribution in [3.63, 3.8) is 0 Å². The molecule has 0 radical (unpaired) electrons. The first-order valence-corrected chi connectivity index (χ1v) is 8.06. The Morgan fingerprint density at radius 3 is 3.00 bits per heavy atom. The first kappa shape index (κ1) is 13.9. The van der Waals surface area contributed by atoms with Crippen molar-refractivity contribution < 1.29 is 4.79 Å². The molecule has 3 heterocycles. The second-order valence-electron chi connectivity index (χ2n) is 5.41. The van der Waals surface area contributed by atoms with Crippen molar-refractivity contribution in [3.8, 4) is 0 Å². The molecule has 0 spiro atoms. The van der Waals surface area contributed by atoms with Gasteiger partial charge in [-0.15, -0.1) is 11.3 Å². The number of nitrogens with zero attached hydrogens (tertiary/aromatic N) is 2. The molecule has 0 saturated carbocycles. The molecule has 114 valence electrons. The number of H-pyrrole nitrogens is 1. The third-order valence-corrected chi connectivity index (χ3v) is 4.81. The molecule has 4 rings (SSSR count). The maximum absolute atomic E-state index is 12.7. The highest BCUT2D eigenvalue weighted by Crippen LogP contribution is 2.22. The van der Waals surface area contributed by atoms with Crippen LogP contribution in [0.4, 0.5) is 0 Å². The van der Waals surface area contributed by atoms with Gasteiger partial charge in [0.25, 0.3) is 5.56 Å². The van der Waals surface area contributed by atoms with Crippen molar-refractivity contribution in [1.29, 1.82) is 0 Å². The molecular formula is C17H13N3O2S. The first-order chi connectivity index (χ1) is 11.1. The molecular weight excluding hydrogens is 310 g/mol. The number of nitrogens with one attached hydrogen (secondary N) is 1. The van der Waals surface area contributed by atoms with Crippen LogP contribution in [0.2, 0.25) is 0 Å². The summed E-state index contributed by atoms with van der Waals surface area (Å²) < 4.78 is 1.96. The van der Waals surface area contributed by atoms with Crippen molar-refractivity contribution in [2.75, 3.05) is 0 Å². The fourth-order valence-electron chi connectivity index (χ4n) is 2.86. The summed E-state index contributed by atoms with van der Waals surface area (Å²) in [6.45, 7) is 1.86. The fourth-order valence-corrected chi connectivity index (χ4v) is 3.65. The Kier molecular flexibility index (Phi) is 3.12. The molecule has 0 saturated heterocycles. The van der Waals surface area contributed by atoms with Crippen LogP contribution in [0.15, 0.2) is 46.8 Å². The number of carbonyl (C=O) groups excluding carboxylic acids is 1. The van der Waals surface area contributed by atoms with Gasteiger partial charge in [0, 0.05) is 22.2 Å². The quantitative estimate of drug-likeness (QED) is 0.589. The van der Waals surface area contributed by atoms with Crippen molar-refractivity contribution in [2.24, 2.45) is 0 Å². The molecule has 0 fully saturated rings. The SMILES string of the molecule is Cc1[nH]c2ccccc2c1C(=O)Cn1cnc2ccsc2c1=O. The Morgan fingerprint density at radius 1 is 1.30 bits per heavy atom. The number of rotatable bonds is 3. The average molecular weight is 323 g/mol. The molecule has 0 amide bonds. The number of para-hydroxylation sites is 1. The van der Waals surface area contributed by atoms with Gasteiger partial charge in [0.05, 0.1) is 18.4 Å². The highest BCUT2D eigenvalue weighted by Gasteiger charge is 2.17. The molecule has 3 aromatic heterocycles. The van der Waals surface area contributed by atoms with Crippen LogP contribution in [0.1, 0.15) is 16.1 Å². The Labute approximate surface area is 135 Å². The van der Waals surface area contributed by atoms with E-state index < -0.39 is 0 Å². The highest BCUT2D eigenvalue weighted by atomic mass is 32.1. The van der Waals surface area contributed by atoms with E-state index in [1.54, 1.807) is 6.07 Å². The van der Waals surface area contributed by atoms with E-state index >= 15 is 0 Å². The van der Waals surface area contributed by atoms with Gasteiger partial charge in [-0.25, -0.2) is 4.98 Å². The summed E-state index contributed by atoms with van der Waals surface area (Å²) in [7, 11) is 0. The van der Waals surface area contributed by atoms with Gasteiger partial charge >= 0.3 is 0 Å². The van der Waals surface area contributed by atoms with Gasteiger partial charge in [-0.3, -0.25) is 14.2 Å². The maximum atomic E-state index is 12.7. The second-order valence-corrected chi connectivity index (χ2v) is 6.32. The second kappa shape index (κ2) is 5.17. The molecule has 1 aromatic carbocycles. The Balaban J connectivity index is 1.78. The number of Topliss-reactive ketones (excluding diaryl/α,β-unsaturated/α-hetero) is 1. The van der Waals surface area contributed by atoms with Crippen LogP contribution >= 0.6 is 11.3 Å². The van der Waals surface area contributed by atoms with Crippen molar-refractivity contribution >= 4 is 38.2 Å². The minimum Gasteiger partial charge on any atom is -0.358 e. The monoisotopic (exact) mass is 323 g/mol. The van der Waals surface area contributed by atoms with Crippen LogP contribution in [-0.4, -0.2) is 20.3 Å². The summed E-state index contributed by atoms with van der Waals surface area (Å²) in [6.07, 6.45) is 1.44. The van der Waals surface area contributed by atoms with Gasteiger partial charge in [-0.05, 0) is 24.4 Å². The number of benzene rings is 1. The van der Waals surface area contributed by atoms with E-state index in [1.807, 2.05) is 36.6 Å². The molecule has 0 bridgehead atoms. The Morgan fingerprint density at radius 2 is 2.13 bits per heavy atom. The van der Waals surface area contributed by atoms with Crippen LogP contribution < -0.4 is 5.56 Å². The number of hydrogen-bond donors (Lipinski definition) is 1. The molecule has 0 aliphatic rings. The fraction of sp³-hybridized carbons (Fsp3) is 0.118. The Hall–Kier alpha value is -2.73. The summed E-state index contributed by atoms with van der Waals surface area (Å²) >= 11 is 1.35. The molecule has 0 atom stereocenters. The van der Waals surface area contributed by atoms with Gasteiger partial charge in [0.15, 0.2) is 5.78 Å². The smallest absolute Gasteiger partial charge is 0.271 e. The first-order valence-electron chi connectivity index (χ1n) is 7.18. The number of aromatic nitrogens is 3. The van der Waals surface area contributed by atoms with Gasteiger partial charge in [-0.1, -0.05) is 18.2 Å². The van der Waals surface area contributed by atoms with E-state index in [9.17, 15) is 9.59 Å². The van der Waals surface area contributed by atoms with Crippen LogP contribution in [0.3, 0.4) is 0 Å². The van der Waals surface area contributed by atoms with E-state index in [0.29, 0.717) is 15.8 Å². The number of hydrogen-bond acceptors (Lipinski definition) is 4. The van der Waals surface area contributed by atoms with Crippen LogP contribution in [0.5, 0.6) is 0 Å². The van der Waals surface area contributed by atoms with E-state index in [0.717, 1.165) is 16.6 Å². The van der Waals surface area contributed by atoms with Crippen LogP contribution in [0, 0.1) is 6.92 Å². The van der Waals surface area contributed by atoms with Crippen molar-refractivity contribution in [1.82, 2.24) is 14.5 Å². The summed E-state index contributed by atoms with van der Waals surface area (Å²) in [5.74, 6) is -0.0974. The van der Waals surface area contributed by atoms with E-state index in [2.05, 4.69) is 9.97 Å². The lowest BCUT2D eigenvalue weighted by atomic mass is 10.1. The predicted molar refractivity (Wildman–Crippen MR) is 91.2 cm³/mol. The van der Waals surface area contributed by atoms with Crippen molar-refractivity contribution in [3.05, 3.63) is 63.7 Å². The minimum atomic E-state index is -0.171. The third-order valence-electron chi connectivity index (χ3n) is 3.92. The van der Waals surface area contributed by atoms with E-state index in [4.69, 9.17) is 0 Å². The summed E-state index contributed by atoms with van der Waals surface area (Å²) in [6, 6.07) is 9.47. The van der Waals surface area contributed by atoms with E-state index in [-0.39, 0.29) is 17.9 Å². The lowest BCUT2D eigenvalue weighted by Gasteiger charge is -2.05. The molecule has 5 nitrogen and oxygen atoms in total. The molecule has 0 aliphatic heterocycles. The van der Waals surface area contributed by atoms with Crippen LogP contribution in [-0.2, 0) is 6.54 Å². The van der Waals surface area contributed by atoms with Gasteiger partial charge < -0.3 is 4.98 Å². The third kappa shape index (κ3) is 2.19. The molecule has 4 aromatic rings. The molecule has 6 heteroatoms. The van der Waals surface area contributed by atoms with E-state index in [1.165, 1.54) is 22.2 Å². The summed E-state index contributed by atoms with van der Waals surface area (Å²) in [4.78, 5) is 32.6. The van der Waals surface area contributed by atoms with Crippen molar-refractivity contribution in [2.45, 2.75) is 13.5 Å². The predicted octanol–water partition coefficient (Wildman–Crippen LogP) is 3.13. The lowest BCUT2D eigenvalue weighted by Crippen LogP contribution is -2.24. The topological polar surface area (TPSA) is 67.8 Å². The number of fused-ring (bicyclic) bond motifs is 2. The average Bonchev–Trinajstić information content (AvgIpc) is 3.13. The van der Waals surface area contributed by atoms with Gasteiger partial charge in [0.1, 0.15) is 4.70 Å². The molecule has 0 unspecified atom stereocenters. The zero-order chi connectivity index (χ0) is 16.0. The number of carbonyl (C=O) groups is 1. The standard InChI is InChI=1S/C17H13N3O2S/c1-10-15(11-4-2-3-5-12(11)19-10)14(21)8-20-9-18-13-6-7-23-16(13)17(20)22/h2-7,9,19H,8H2,1H3. The number of ketones is 1. The molecule has 1 N–H and O–H groups in total. The summed E-state index contributed by atoms with van der Waals surface area (Å²) in [5.41, 5.74) is 2.88. The van der Waals surface area contributed by atoms with Gasteiger partial charge in [0.2, 0.25) is 0 Å². The minimum absolute atomic E-state index is 0.0115. The number of thiophene rings is 1. The maximum Gasteiger partial charge on any atom is 0.271 e.